The highest BCUT2D eigenvalue weighted by atomic mass is 35.5. The molecular formula is C44H36Cl2F12N4O2. The second-order valence-electron chi connectivity index (χ2n) is 15.4. The van der Waals surface area contributed by atoms with E-state index in [1.165, 1.54) is 4.90 Å². The third-order valence-electron chi connectivity index (χ3n) is 9.01. The van der Waals surface area contributed by atoms with Gasteiger partial charge in [-0.05, 0) is 92.6 Å². The Hall–Kier alpha value is -5.17. The number of benzene rings is 4. The molecule has 0 atom stereocenters. The van der Waals surface area contributed by atoms with Crippen LogP contribution in [-0.4, -0.2) is 33.0 Å². The minimum absolute atomic E-state index is 0.0613. The topological polar surface area (TPSA) is 67.3 Å². The second kappa shape index (κ2) is 19.5. The van der Waals surface area contributed by atoms with Crippen molar-refractivity contribution in [2.75, 3.05) is 6.54 Å². The Morgan fingerprint density at radius 2 is 0.969 bits per heavy atom. The van der Waals surface area contributed by atoms with E-state index in [0.717, 1.165) is 10.8 Å². The van der Waals surface area contributed by atoms with E-state index >= 15 is 0 Å². The van der Waals surface area contributed by atoms with Crippen LogP contribution in [-0.2, 0) is 60.4 Å². The molecule has 2 aromatic heterocycles. The Bertz CT molecular complexity index is 2540. The lowest BCUT2D eigenvalue weighted by atomic mass is 10.0. The van der Waals surface area contributed by atoms with Gasteiger partial charge >= 0.3 is 30.7 Å². The first kappa shape index (κ1) is 49.8. The molecule has 6 nitrogen and oxygen atoms in total. The van der Waals surface area contributed by atoms with Gasteiger partial charge in [-0.15, -0.1) is 0 Å². The molecule has 0 saturated heterocycles. The van der Waals surface area contributed by atoms with Crippen molar-refractivity contribution in [2.45, 2.75) is 77.3 Å². The van der Waals surface area contributed by atoms with Crippen LogP contribution in [0.15, 0.2) is 97.1 Å². The Kier molecular flexibility index (Phi) is 15.2. The molecule has 0 spiro atoms. The minimum Gasteiger partial charge on any atom is -0.459 e. The zero-order valence-electron chi connectivity index (χ0n) is 33.7. The summed E-state index contributed by atoms with van der Waals surface area (Å²) >= 11 is 12.4. The second-order valence-corrected chi connectivity index (χ2v) is 16.1. The number of halogens is 14. The lowest BCUT2D eigenvalue weighted by Crippen LogP contribution is -2.34. The summed E-state index contributed by atoms with van der Waals surface area (Å²) in [5.74, 6) is -0.699. The van der Waals surface area contributed by atoms with E-state index in [2.05, 4.69) is 15.3 Å². The van der Waals surface area contributed by atoms with E-state index in [-0.39, 0.29) is 53.2 Å². The lowest BCUT2D eigenvalue weighted by molar-refractivity contribution is -0.156. The summed E-state index contributed by atoms with van der Waals surface area (Å²) in [6.45, 7) is 3.97. The van der Waals surface area contributed by atoms with Crippen molar-refractivity contribution in [3.63, 3.8) is 0 Å². The normalized spacial score (nSPS) is 12.7. The maximum Gasteiger partial charge on any atom is 0.416 e. The number of para-hydroxylation sites is 2. The van der Waals surface area contributed by atoms with Crippen LogP contribution in [0.4, 0.5) is 52.7 Å². The number of alkyl halides is 12. The molecule has 64 heavy (non-hydrogen) atoms. The summed E-state index contributed by atoms with van der Waals surface area (Å²) in [6.07, 6.45) is -19.7. The van der Waals surface area contributed by atoms with Gasteiger partial charge in [-0.25, -0.2) is 9.97 Å². The fraction of sp³-hybridized carbons (Fsp3) is 0.295. The lowest BCUT2D eigenvalue weighted by Gasteiger charge is -2.26. The molecule has 0 fully saturated rings. The molecule has 0 radical (unpaired) electrons. The van der Waals surface area contributed by atoms with Crippen LogP contribution in [0.1, 0.15) is 65.3 Å². The molecule has 6 aromatic rings. The number of aromatic nitrogens is 2. The number of fused-ring (bicyclic) bond motifs is 2. The van der Waals surface area contributed by atoms with Crippen LogP contribution >= 0.6 is 23.2 Å². The zero-order chi connectivity index (χ0) is 47.4. The predicted octanol–water partition coefficient (Wildman–Crippen LogP) is 13.5. The van der Waals surface area contributed by atoms with Crippen molar-refractivity contribution >= 4 is 51.0 Å². The van der Waals surface area contributed by atoms with Gasteiger partial charge in [-0.1, -0.05) is 59.6 Å². The Balaban J connectivity index is 0.000000248. The van der Waals surface area contributed by atoms with Gasteiger partial charge in [0.15, 0.2) is 0 Å². The molecule has 342 valence electrons. The van der Waals surface area contributed by atoms with Crippen LogP contribution in [0.25, 0.3) is 21.8 Å². The van der Waals surface area contributed by atoms with E-state index in [1.54, 1.807) is 69.3 Å². The van der Waals surface area contributed by atoms with Crippen LogP contribution in [0.2, 0.25) is 10.3 Å². The number of rotatable bonds is 10. The molecule has 1 N–H and O–H groups in total. The highest BCUT2D eigenvalue weighted by Gasteiger charge is 2.38. The predicted molar refractivity (Wildman–Crippen MR) is 217 cm³/mol. The maximum atomic E-state index is 13.3. The average molecular weight is 952 g/mol. The number of nitrogens with zero attached hydrogens (tertiary/aromatic N) is 3. The van der Waals surface area contributed by atoms with Crippen molar-refractivity contribution < 1.29 is 62.2 Å². The Labute approximate surface area is 368 Å². The van der Waals surface area contributed by atoms with E-state index < -0.39 is 71.6 Å². The third kappa shape index (κ3) is 14.2. The SMILES string of the molecule is CC(C)(C)OC(=O)CN(Cc1cc(C(F)(F)F)cc(C(F)(F)F)c1)Cc1cc2ccccc2nc1Cl.FC(F)(F)c1cc(CNCc2cc3ccccc3nc2Cl)cc(C(F)(F)F)c1. The van der Waals surface area contributed by atoms with E-state index in [4.69, 9.17) is 27.9 Å². The summed E-state index contributed by atoms with van der Waals surface area (Å²) in [4.78, 5) is 22.4. The first-order chi connectivity index (χ1) is 29.5. The number of pyridine rings is 2. The molecular weight excluding hydrogens is 915 g/mol. The monoisotopic (exact) mass is 950 g/mol. The molecule has 2 heterocycles. The summed E-state index contributed by atoms with van der Waals surface area (Å²) in [6, 6.07) is 20.6. The standard InChI is InChI=1S/C25H23ClF6N2O2.C19H13ClF6N2/c1-23(2,3)36-21(35)14-34(13-17-10-16-6-4-5-7-20(16)33-22(17)26)12-15-8-18(24(27,28)29)11-19(9-15)25(30,31)32;20-17-13(7-12-3-1-2-4-16(12)28-17)10-27-9-11-5-14(18(21,22)23)8-15(6-11)19(24,25)26/h4-11H,12-14H2,1-3H3;1-8,27H,9-10H2. The molecule has 0 unspecified atom stereocenters. The van der Waals surface area contributed by atoms with Gasteiger partial charge in [-0.2, -0.15) is 52.7 Å². The maximum absolute atomic E-state index is 13.3. The van der Waals surface area contributed by atoms with Gasteiger partial charge in [0.05, 0.1) is 39.8 Å². The first-order valence-electron chi connectivity index (χ1n) is 18.8. The van der Waals surface area contributed by atoms with Crippen molar-refractivity contribution in [1.29, 1.82) is 0 Å². The first-order valence-corrected chi connectivity index (χ1v) is 19.6. The highest BCUT2D eigenvalue weighted by Crippen LogP contribution is 2.38. The molecule has 0 aliphatic rings. The molecule has 0 amide bonds. The fourth-order valence-electron chi connectivity index (χ4n) is 6.30. The van der Waals surface area contributed by atoms with Gasteiger partial charge in [0.25, 0.3) is 0 Å². The zero-order valence-corrected chi connectivity index (χ0v) is 35.2. The molecule has 4 aromatic carbocycles. The summed E-state index contributed by atoms with van der Waals surface area (Å²) in [5, 5.41) is 4.69. The van der Waals surface area contributed by atoms with Gasteiger partial charge in [-0.3, -0.25) is 9.69 Å². The molecule has 0 aliphatic heterocycles. The number of hydrogen-bond donors (Lipinski definition) is 1. The number of carbonyl (C=O) groups excluding carboxylic acids is 1. The van der Waals surface area contributed by atoms with E-state index in [1.807, 2.05) is 12.1 Å². The highest BCUT2D eigenvalue weighted by molar-refractivity contribution is 6.31. The Morgan fingerprint density at radius 3 is 1.41 bits per heavy atom. The van der Waals surface area contributed by atoms with Crippen LogP contribution in [0.3, 0.4) is 0 Å². The molecule has 20 heteroatoms. The molecule has 0 aliphatic carbocycles. The van der Waals surface area contributed by atoms with Crippen molar-refractivity contribution in [3.05, 3.63) is 152 Å². The molecule has 0 bridgehead atoms. The largest absolute Gasteiger partial charge is 0.459 e. The smallest absolute Gasteiger partial charge is 0.416 e. The number of carbonyl (C=O) groups is 1. The van der Waals surface area contributed by atoms with Gasteiger partial charge in [0, 0.05) is 48.1 Å². The van der Waals surface area contributed by atoms with Crippen LogP contribution < -0.4 is 5.32 Å². The Morgan fingerprint density at radius 1 is 0.562 bits per heavy atom. The molecule has 0 saturated carbocycles. The van der Waals surface area contributed by atoms with E-state index in [0.29, 0.717) is 46.4 Å². The van der Waals surface area contributed by atoms with Gasteiger partial charge < -0.3 is 10.1 Å². The van der Waals surface area contributed by atoms with Crippen molar-refractivity contribution in [1.82, 2.24) is 20.2 Å². The fourth-order valence-corrected chi connectivity index (χ4v) is 6.72. The number of ether oxygens (including phenoxy) is 1. The van der Waals surface area contributed by atoms with Gasteiger partial charge in [0.1, 0.15) is 15.9 Å². The van der Waals surface area contributed by atoms with Crippen molar-refractivity contribution in [2.24, 2.45) is 0 Å². The number of esters is 1. The summed E-state index contributed by atoms with van der Waals surface area (Å²) in [5.41, 5.74) is -4.48. The van der Waals surface area contributed by atoms with Crippen molar-refractivity contribution in [3.8, 4) is 0 Å². The average Bonchev–Trinajstić information content (AvgIpc) is 3.16. The van der Waals surface area contributed by atoms with E-state index in [9.17, 15) is 57.5 Å². The third-order valence-corrected chi connectivity index (χ3v) is 9.67. The van der Waals surface area contributed by atoms with Gasteiger partial charge in [0.2, 0.25) is 0 Å². The number of nitrogens with one attached hydrogen (secondary N) is 1. The molecule has 6 rings (SSSR count). The minimum atomic E-state index is -4.99. The quantitative estimate of drug-likeness (QED) is 0.0838. The van der Waals surface area contributed by atoms with Crippen LogP contribution in [0.5, 0.6) is 0 Å². The summed E-state index contributed by atoms with van der Waals surface area (Å²) in [7, 11) is 0. The van der Waals surface area contributed by atoms with Crippen LogP contribution in [0, 0.1) is 0 Å². The summed E-state index contributed by atoms with van der Waals surface area (Å²) < 4.78 is 163. The number of hydrogen-bond acceptors (Lipinski definition) is 6.